The molecule has 3 nitrogen and oxygen atoms in total. The van der Waals surface area contributed by atoms with Crippen LogP contribution in [0, 0.1) is 11.8 Å². The van der Waals surface area contributed by atoms with Crippen molar-refractivity contribution in [2.24, 2.45) is 0 Å². The summed E-state index contributed by atoms with van der Waals surface area (Å²) < 4.78 is 7.05. The van der Waals surface area contributed by atoms with Crippen LogP contribution in [0.1, 0.15) is 11.4 Å². The van der Waals surface area contributed by atoms with Gasteiger partial charge in [-0.25, -0.2) is 4.98 Å². The van der Waals surface area contributed by atoms with Gasteiger partial charge in [0.05, 0.1) is 7.11 Å². The zero-order valence-corrected chi connectivity index (χ0v) is 14.0. The van der Waals surface area contributed by atoms with E-state index in [2.05, 4.69) is 29.0 Å². The lowest BCUT2D eigenvalue weighted by atomic mass is 10.2. The fourth-order valence-electron chi connectivity index (χ4n) is 2.01. The van der Waals surface area contributed by atoms with Gasteiger partial charge in [0.25, 0.3) is 0 Å². The summed E-state index contributed by atoms with van der Waals surface area (Å²) in [7, 11) is 1.65. The second-order valence-electron chi connectivity index (χ2n) is 4.85. The normalized spacial score (nSPS) is 10.4. The highest BCUT2D eigenvalue weighted by Gasteiger charge is 1.96. The van der Waals surface area contributed by atoms with Crippen molar-refractivity contribution in [3.8, 4) is 17.6 Å². The van der Waals surface area contributed by atoms with Gasteiger partial charge in [0.2, 0.25) is 0 Å². The number of imidazole rings is 1. The third-order valence-corrected chi connectivity index (χ3v) is 4.05. The molecule has 0 unspecified atom stereocenters. The number of aromatic nitrogens is 2. The van der Waals surface area contributed by atoms with Crippen molar-refractivity contribution in [2.45, 2.75) is 4.90 Å². The molecular formula is C20H16N2OS. The molecule has 1 heterocycles. The molecule has 0 saturated carbocycles. The van der Waals surface area contributed by atoms with Crippen molar-refractivity contribution in [3.63, 3.8) is 0 Å². The van der Waals surface area contributed by atoms with Crippen LogP contribution in [0.15, 0.2) is 77.3 Å². The van der Waals surface area contributed by atoms with Crippen LogP contribution < -0.4 is 4.74 Å². The van der Waals surface area contributed by atoms with Crippen LogP contribution in [0.5, 0.6) is 5.75 Å². The van der Waals surface area contributed by atoms with Gasteiger partial charge >= 0.3 is 0 Å². The molecule has 0 N–H and O–H groups in total. The predicted molar refractivity (Wildman–Crippen MR) is 98.8 cm³/mol. The summed E-state index contributed by atoms with van der Waals surface area (Å²) in [6.07, 6.45) is 5.60. The number of nitrogens with zero attached hydrogens (tertiary/aromatic N) is 2. The minimum absolute atomic E-state index is 0.704. The van der Waals surface area contributed by atoms with Crippen molar-refractivity contribution in [2.75, 3.05) is 7.11 Å². The van der Waals surface area contributed by atoms with Gasteiger partial charge in [-0.3, -0.25) is 4.57 Å². The average molecular weight is 332 g/mol. The van der Waals surface area contributed by atoms with Crippen molar-refractivity contribution < 1.29 is 4.74 Å². The first kappa shape index (κ1) is 16.0. The van der Waals surface area contributed by atoms with Crippen molar-refractivity contribution >= 4 is 18.0 Å². The Morgan fingerprint density at radius 3 is 2.58 bits per heavy atom. The van der Waals surface area contributed by atoms with Gasteiger partial charge in [-0.1, -0.05) is 35.9 Å². The number of hydrogen-bond donors (Lipinski definition) is 0. The van der Waals surface area contributed by atoms with Gasteiger partial charge in [0, 0.05) is 29.1 Å². The van der Waals surface area contributed by atoms with Crippen molar-refractivity contribution in [1.82, 2.24) is 9.55 Å². The molecule has 0 bridgehead atoms. The summed E-state index contributed by atoms with van der Waals surface area (Å²) in [6.45, 7) is 0. The standard InChI is InChI=1S/C20H16N2OS/c1-23-18-10-7-17(8-11-18)9-12-20-21-13-14-22(20)15-16-24-19-5-3-2-4-6-19/h2-8,10-11,13-16H,1H3/b16-15-. The van der Waals surface area contributed by atoms with E-state index in [1.54, 1.807) is 25.1 Å². The Morgan fingerprint density at radius 2 is 1.83 bits per heavy atom. The van der Waals surface area contributed by atoms with Gasteiger partial charge < -0.3 is 4.74 Å². The molecule has 24 heavy (non-hydrogen) atoms. The van der Waals surface area contributed by atoms with E-state index in [1.807, 2.05) is 64.8 Å². The fourth-order valence-corrected chi connectivity index (χ4v) is 2.67. The summed E-state index contributed by atoms with van der Waals surface area (Å²) >= 11 is 1.65. The van der Waals surface area contributed by atoms with Gasteiger partial charge in [-0.05, 0) is 47.7 Å². The zero-order chi connectivity index (χ0) is 16.6. The summed E-state index contributed by atoms with van der Waals surface area (Å²) in [4.78, 5) is 5.49. The molecule has 2 aromatic carbocycles. The lowest BCUT2D eigenvalue weighted by Crippen LogP contribution is -1.89. The largest absolute Gasteiger partial charge is 0.497 e. The first-order valence-electron chi connectivity index (χ1n) is 7.42. The predicted octanol–water partition coefficient (Wildman–Crippen LogP) is 4.51. The van der Waals surface area contributed by atoms with E-state index in [1.165, 1.54) is 4.90 Å². The van der Waals surface area contributed by atoms with Crippen LogP contribution in [0.25, 0.3) is 6.20 Å². The third-order valence-electron chi connectivity index (χ3n) is 3.25. The Hall–Kier alpha value is -2.90. The Morgan fingerprint density at radius 1 is 1.04 bits per heavy atom. The molecule has 0 aliphatic carbocycles. The number of benzene rings is 2. The molecule has 0 radical (unpaired) electrons. The summed E-state index contributed by atoms with van der Waals surface area (Å²) in [6, 6.07) is 17.9. The lowest BCUT2D eigenvalue weighted by Gasteiger charge is -1.98. The number of rotatable bonds is 4. The van der Waals surface area contributed by atoms with Crippen LogP contribution in [-0.2, 0) is 0 Å². The minimum Gasteiger partial charge on any atom is -0.497 e. The van der Waals surface area contributed by atoms with E-state index in [0.717, 1.165) is 11.3 Å². The topological polar surface area (TPSA) is 27.1 Å². The first-order chi connectivity index (χ1) is 11.8. The van der Waals surface area contributed by atoms with Crippen LogP contribution in [-0.4, -0.2) is 16.7 Å². The Bertz CT molecular complexity index is 871. The SMILES string of the molecule is COc1ccc(C#Cc2nccn2/C=C\Sc2ccccc2)cc1. The number of ether oxygens (including phenoxy) is 1. The maximum absolute atomic E-state index is 5.14. The third kappa shape index (κ3) is 4.31. The summed E-state index contributed by atoms with van der Waals surface area (Å²) in [5.74, 6) is 7.74. The van der Waals surface area contributed by atoms with Crippen LogP contribution in [0.2, 0.25) is 0 Å². The lowest BCUT2D eigenvalue weighted by molar-refractivity contribution is 0.415. The molecule has 0 aliphatic heterocycles. The minimum atomic E-state index is 0.704. The quantitative estimate of drug-likeness (QED) is 0.519. The van der Waals surface area contributed by atoms with Gasteiger partial charge in [0.15, 0.2) is 5.82 Å². The molecule has 3 aromatic rings. The van der Waals surface area contributed by atoms with Gasteiger partial charge in [0.1, 0.15) is 5.75 Å². The average Bonchev–Trinajstić information content (AvgIpc) is 3.09. The molecule has 0 aliphatic rings. The molecule has 0 spiro atoms. The van der Waals surface area contributed by atoms with Crippen LogP contribution in [0.3, 0.4) is 0 Å². The Kier molecular flexibility index (Phi) is 5.39. The number of hydrogen-bond acceptors (Lipinski definition) is 3. The van der Waals surface area contributed by atoms with Crippen molar-refractivity contribution in [3.05, 3.63) is 83.8 Å². The monoisotopic (exact) mass is 332 g/mol. The van der Waals surface area contributed by atoms with Crippen molar-refractivity contribution in [1.29, 1.82) is 0 Å². The van der Waals surface area contributed by atoms with E-state index in [4.69, 9.17) is 4.74 Å². The summed E-state index contributed by atoms with van der Waals surface area (Å²) in [5.41, 5.74) is 0.924. The highest BCUT2D eigenvalue weighted by Crippen LogP contribution is 2.18. The number of methoxy groups -OCH3 is 1. The van der Waals surface area contributed by atoms with E-state index >= 15 is 0 Å². The maximum atomic E-state index is 5.14. The molecule has 0 saturated heterocycles. The molecule has 1 aromatic heterocycles. The van der Waals surface area contributed by atoms with E-state index in [-0.39, 0.29) is 0 Å². The molecule has 0 atom stereocenters. The molecule has 4 heteroatoms. The Balaban J connectivity index is 1.70. The van der Waals surface area contributed by atoms with E-state index in [9.17, 15) is 0 Å². The Labute approximate surface area is 146 Å². The number of thioether (sulfide) groups is 1. The zero-order valence-electron chi connectivity index (χ0n) is 13.2. The molecule has 0 amide bonds. The molecule has 3 rings (SSSR count). The fraction of sp³-hybridized carbons (Fsp3) is 0.0500. The highest BCUT2D eigenvalue weighted by atomic mass is 32.2. The molecule has 118 valence electrons. The maximum Gasteiger partial charge on any atom is 0.189 e. The molecular weight excluding hydrogens is 316 g/mol. The molecule has 0 fully saturated rings. The smallest absolute Gasteiger partial charge is 0.189 e. The second kappa shape index (κ2) is 8.09. The van der Waals surface area contributed by atoms with Gasteiger partial charge in [-0.2, -0.15) is 0 Å². The second-order valence-corrected chi connectivity index (χ2v) is 5.83. The highest BCUT2D eigenvalue weighted by molar-refractivity contribution is 8.02. The van der Waals surface area contributed by atoms with E-state index < -0.39 is 0 Å². The van der Waals surface area contributed by atoms with Crippen LogP contribution in [0.4, 0.5) is 0 Å². The van der Waals surface area contributed by atoms with Gasteiger partial charge in [-0.15, -0.1) is 0 Å². The first-order valence-corrected chi connectivity index (χ1v) is 8.30. The van der Waals surface area contributed by atoms with Crippen LogP contribution >= 0.6 is 11.8 Å². The summed E-state index contributed by atoms with van der Waals surface area (Å²) in [5, 5.41) is 2.02. The van der Waals surface area contributed by atoms with E-state index in [0.29, 0.717) is 5.82 Å².